The van der Waals surface area contributed by atoms with Crippen LogP contribution in [0.2, 0.25) is 10.0 Å². The minimum absolute atomic E-state index is 0.316. The molecule has 0 saturated heterocycles. The van der Waals surface area contributed by atoms with Crippen molar-refractivity contribution in [2.24, 2.45) is 0 Å². The molecule has 0 aliphatic rings. The van der Waals surface area contributed by atoms with Crippen LogP contribution >= 0.6 is 23.2 Å². The van der Waals surface area contributed by atoms with Gasteiger partial charge in [0.1, 0.15) is 6.33 Å². The van der Waals surface area contributed by atoms with E-state index in [2.05, 4.69) is 25.9 Å². The number of hydrogen-bond acceptors (Lipinski definition) is 5. The van der Waals surface area contributed by atoms with Crippen molar-refractivity contribution in [2.45, 2.75) is 0 Å². The van der Waals surface area contributed by atoms with Gasteiger partial charge in [0.2, 0.25) is 0 Å². The van der Waals surface area contributed by atoms with Crippen LogP contribution in [-0.2, 0) is 0 Å². The van der Waals surface area contributed by atoms with Crippen molar-refractivity contribution in [3.8, 4) is 5.69 Å². The van der Waals surface area contributed by atoms with E-state index < -0.39 is 0 Å². The van der Waals surface area contributed by atoms with Gasteiger partial charge in [-0.2, -0.15) is 5.10 Å². The van der Waals surface area contributed by atoms with Gasteiger partial charge in [-0.3, -0.25) is 15.6 Å². The molecule has 0 spiro atoms. The smallest absolute Gasteiger partial charge is 0.269 e. The van der Waals surface area contributed by atoms with Crippen LogP contribution in [0.3, 0.4) is 0 Å². The molecule has 2 aromatic heterocycles. The summed E-state index contributed by atoms with van der Waals surface area (Å²) in [5.41, 5.74) is 7.29. The predicted molar refractivity (Wildman–Crippen MR) is 104 cm³/mol. The molecule has 0 aliphatic carbocycles. The number of benzene rings is 2. The van der Waals surface area contributed by atoms with E-state index in [0.29, 0.717) is 32.5 Å². The lowest BCUT2D eigenvalue weighted by Crippen LogP contribution is -2.29. The zero-order valence-corrected chi connectivity index (χ0v) is 15.2. The Morgan fingerprint density at radius 1 is 0.926 bits per heavy atom. The Morgan fingerprint density at radius 2 is 1.59 bits per heavy atom. The SMILES string of the molecule is O=C(NNc1ncnc2c1cnn2-c1ccc(Cl)cc1)c1ccc(Cl)cc1. The maximum absolute atomic E-state index is 12.2. The molecule has 134 valence electrons. The Hall–Kier alpha value is -3.16. The van der Waals surface area contributed by atoms with Crippen molar-refractivity contribution < 1.29 is 4.79 Å². The van der Waals surface area contributed by atoms with Crippen LogP contribution in [0, 0.1) is 0 Å². The average molecular weight is 399 g/mol. The van der Waals surface area contributed by atoms with Crippen LogP contribution in [0.1, 0.15) is 10.4 Å². The van der Waals surface area contributed by atoms with E-state index in [1.54, 1.807) is 47.3 Å². The number of carbonyl (C=O) groups is 1. The minimum Gasteiger partial charge on any atom is -0.281 e. The first-order valence-electron chi connectivity index (χ1n) is 7.88. The molecule has 2 aromatic carbocycles. The van der Waals surface area contributed by atoms with Crippen molar-refractivity contribution in [3.05, 3.63) is 76.7 Å². The molecule has 2 N–H and O–H groups in total. The second kappa shape index (κ2) is 7.22. The highest BCUT2D eigenvalue weighted by molar-refractivity contribution is 6.30. The summed E-state index contributed by atoms with van der Waals surface area (Å²) in [6.07, 6.45) is 3.02. The number of hydrazine groups is 1. The first-order valence-corrected chi connectivity index (χ1v) is 8.64. The molecule has 0 bridgehead atoms. The third kappa shape index (κ3) is 3.55. The average Bonchev–Trinajstić information content (AvgIpc) is 3.12. The summed E-state index contributed by atoms with van der Waals surface area (Å²) in [6.45, 7) is 0. The lowest BCUT2D eigenvalue weighted by atomic mass is 10.2. The second-order valence-electron chi connectivity index (χ2n) is 5.58. The maximum atomic E-state index is 12.2. The number of nitrogens with one attached hydrogen (secondary N) is 2. The number of aromatic nitrogens is 4. The Balaban J connectivity index is 1.58. The molecule has 0 radical (unpaired) electrons. The van der Waals surface area contributed by atoms with Crippen molar-refractivity contribution in [1.29, 1.82) is 0 Å². The molecule has 4 aromatic rings. The fourth-order valence-electron chi connectivity index (χ4n) is 2.50. The van der Waals surface area contributed by atoms with Gasteiger partial charge in [-0.15, -0.1) is 0 Å². The van der Waals surface area contributed by atoms with Gasteiger partial charge in [-0.05, 0) is 48.5 Å². The van der Waals surface area contributed by atoms with E-state index >= 15 is 0 Å². The fourth-order valence-corrected chi connectivity index (χ4v) is 2.76. The van der Waals surface area contributed by atoms with Crippen LogP contribution in [0.15, 0.2) is 61.1 Å². The number of nitrogens with zero attached hydrogens (tertiary/aromatic N) is 4. The Bertz CT molecular complexity index is 1110. The number of hydrogen-bond donors (Lipinski definition) is 2. The van der Waals surface area contributed by atoms with Gasteiger partial charge in [0, 0.05) is 15.6 Å². The predicted octanol–water partition coefficient (Wildman–Crippen LogP) is 3.88. The maximum Gasteiger partial charge on any atom is 0.269 e. The molecule has 0 fully saturated rings. The molecule has 0 aliphatic heterocycles. The van der Waals surface area contributed by atoms with Gasteiger partial charge < -0.3 is 0 Å². The van der Waals surface area contributed by atoms with Crippen LogP contribution in [0.25, 0.3) is 16.7 Å². The molecule has 2 heterocycles. The molecular formula is C18H12Cl2N6O. The lowest BCUT2D eigenvalue weighted by molar-refractivity contribution is 0.0962. The number of rotatable bonds is 4. The summed E-state index contributed by atoms with van der Waals surface area (Å²) in [7, 11) is 0. The number of fused-ring (bicyclic) bond motifs is 1. The molecule has 7 nitrogen and oxygen atoms in total. The van der Waals surface area contributed by atoms with Gasteiger partial charge in [-0.25, -0.2) is 14.6 Å². The number of anilines is 1. The molecule has 1 amide bonds. The van der Waals surface area contributed by atoms with Gasteiger partial charge >= 0.3 is 0 Å². The van der Waals surface area contributed by atoms with Gasteiger partial charge in [0.15, 0.2) is 11.5 Å². The fraction of sp³-hybridized carbons (Fsp3) is 0. The minimum atomic E-state index is -0.316. The van der Waals surface area contributed by atoms with Crippen LogP contribution in [0.5, 0.6) is 0 Å². The normalized spacial score (nSPS) is 10.7. The summed E-state index contributed by atoms with van der Waals surface area (Å²) in [5.74, 6) is 0.117. The van der Waals surface area contributed by atoms with E-state index in [4.69, 9.17) is 23.2 Å². The number of carbonyl (C=O) groups excluding carboxylic acids is 1. The lowest BCUT2D eigenvalue weighted by Gasteiger charge is -2.09. The van der Waals surface area contributed by atoms with E-state index in [-0.39, 0.29) is 5.91 Å². The van der Waals surface area contributed by atoms with E-state index in [1.165, 1.54) is 6.33 Å². The van der Waals surface area contributed by atoms with E-state index in [1.807, 2.05) is 12.1 Å². The standard InChI is InChI=1S/C18H12Cl2N6O/c19-12-3-1-11(2-4-12)18(27)25-24-16-15-9-23-26(17(15)22-10-21-16)14-7-5-13(20)6-8-14/h1-10H,(H,25,27)(H,21,22,24). The first-order chi connectivity index (χ1) is 13.1. The Labute approximate surface area is 163 Å². The largest absolute Gasteiger partial charge is 0.281 e. The second-order valence-corrected chi connectivity index (χ2v) is 6.45. The van der Waals surface area contributed by atoms with Gasteiger partial charge in [-0.1, -0.05) is 23.2 Å². The molecular weight excluding hydrogens is 387 g/mol. The molecule has 4 rings (SSSR count). The molecule has 27 heavy (non-hydrogen) atoms. The number of halogens is 2. The summed E-state index contributed by atoms with van der Waals surface area (Å²) in [5, 5.41) is 6.21. The summed E-state index contributed by atoms with van der Waals surface area (Å²) in [4.78, 5) is 20.7. The zero-order valence-electron chi connectivity index (χ0n) is 13.7. The van der Waals surface area contributed by atoms with Crippen LogP contribution in [-0.4, -0.2) is 25.7 Å². The quantitative estimate of drug-likeness (QED) is 0.509. The van der Waals surface area contributed by atoms with Crippen molar-refractivity contribution in [1.82, 2.24) is 25.2 Å². The van der Waals surface area contributed by atoms with Crippen LogP contribution < -0.4 is 10.9 Å². The Morgan fingerprint density at radius 3 is 2.30 bits per heavy atom. The van der Waals surface area contributed by atoms with Crippen molar-refractivity contribution in [2.75, 3.05) is 5.43 Å². The molecule has 9 heteroatoms. The van der Waals surface area contributed by atoms with Gasteiger partial charge in [0.25, 0.3) is 5.91 Å². The van der Waals surface area contributed by atoms with Crippen LogP contribution in [0.4, 0.5) is 5.82 Å². The Kier molecular flexibility index (Phi) is 4.62. The first kappa shape index (κ1) is 17.3. The highest BCUT2D eigenvalue weighted by atomic mass is 35.5. The van der Waals surface area contributed by atoms with Crippen molar-refractivity contribution >= 4 is 46.0 Å². The highest BCUT2D eigenvalue weighted by Crippen LogP contribution is 2.22. The van der Waals surface area contributed by atoms with Gasteiger partial charge in [0.05, 0.1) is 17.3 Å². The molecule has 0 saturated carbocycles. The highest BCUT2D eigenvalue weighted by Gasteiger charge is 2.12. The topological polar surface area (TPSA) is 84.7 Å². The third-order valence-electron chi connectivity index (χ3n) is 3.84. The molecule has 0 unspecified atom stereocenters. The molecule has 0 atom stereocenters. The third-order valence-corrected chi connectivity index (χ3v) is 4.34. The number of amides is 1. The zero-order chi connectivity index (χ0) is 18.8. The van der Waals surface area contributed by atoms with E-state index in [0.717, 1.165) is 5.69 Å². The summed E-state index contributed by atoms with van der Waals surface area (Å²) >= 11 is 11.8. The summed E-state index contributed by atoms with van der Waals surface area (Å²) < 4.78 is 1.67. The monoisotopic (exact) mass is 398 g/mol. The summed E-state index contributed by atoms with van der Waals surface area (Å²) in [6, 6.07) is 13.8. The van der Waals surface area contributed by atoms with E-state index in [9.17, 15) is 4.79 Å². The van der Waals surface area contributed by atoms with Crippen molar-refractivity contribution in [3.63, 3.8) is 0 Å².